The second kappa shape index (κ2) is 6.19. The van der Waals surface area contributed by atoms with Crippen molar-refractivity contribution in [3.05, 3.63) is 48.7 Å². The molecule has 3 unspecified atom stereocenters. The lowest BCUT2D eigenvalue weighted by Gasteiger charge is -2.51. The summed E-state index contributed by atoms with van der Waals surface area (Å²) in [5.41, 5.74) is 1.82. The van der Waals surface area contributed by atoms with Gasteiger partial charge in [-0.2, -0.15) is 0 Å². The van der Waals surface area contributed by atoms with Gasteiger partial charge in [0.1, 0.15) is 5.75 Å². The van der Waals surface area contributed by atoms with Gasteiger partial charge in [-0.3, -0.25) is 9.88 Å². The molecule has 4 heterocycles. The summed E-state index contributed by atoms with van der Waals surface area (Å²) in [6.45, 7) is 6.19. The van der Waals surface area contributed by atoms with Gasteiger partial charge in [-0.05, 0) is 67.6 Å². The molecular weight excluding hydrogens is 300 g/mol. The monoisotopic (exact) mass is 324 g/mol. The van der Waals surface area contributed by atoms with E-state index in [1.807, 2.05) is 30.3 Å². The average Bonchev–Trinajstić information content (AvgIpc) is 2.66. The first kappa shape index (κ1) is 15.6. The molecule has 4 nitrogen and oxygen atoms in total. The molecule has 4 heteroatoms. The topological polar surface area (TPSA) is 45.6 Å². The molecule has 24 heavy (non-hydrogen) atoms. The zero-order valence-electron chi connectivity index (χ0n) is 14.1. The summed E-state index contributed by atoms with van der Waals surface area (Å²) < 4.78 is 5.36. The smallest absolute Gasteiger partial charge is 0.119 e. The summed E-state index contributed by atoms with van der Waals surface area (Å²) >= 11 is 0. The third kappa shape index (κ3) is 2.41. The van der Waals surface area contributed by atoms with Gasteiger partial charge in [0.05, 0.1) is 18.7 Å². The summed E-state index contributed by atoms with van der Waals surface area (Å²) in [5, 5.41) is 12.2. The van der Waals surface area contributed by atoms with Crippen LogP contribution in [0.15, 0.2) is 43.1 Å². The van der Waals surface area contributed by atoms with Crippen molar-refractivity contribution in [2.24, 2.45) is 11.8 Å². The average molecular weight is 324 g/mol. The van der Waals surface area contributed by atoms with Crippen LogP contribution in [0.4, 0.5) is 0 Å². The Morgan fingerprint density at radius 3 is 2.83 bits per heavy atom. The number of ether oxygens (including phenoxy) is 1. The Labute approximate surface area is 142 Å². The number of piperidine rings is 3. The fourth-order valence-electron chi connectivity index (χ4n) is 4.58. The molecule has 5 rings (SSSR count). The quantitative estimate of drug-likeness (QED) is 0.878. The number of hydrogen-bond acceptors (Lipinski definition) is 4. The van der Waals surface area contributed by atoms with Crippen LogP contribution >= 0.6 is 0 Å². The van der Waals surface area contributed by atoms with Crippen LogP contribution in [-0.4, -0.2) is 41.2 Å². The highest BCUT2D eigenvalue weighted by atomic mass is 16.5. The van der Waals surface area contributed by atoms with Crippen LogP contribution in [0.25, 0.3) is 10.9 Å². The minimum atomic E-state index is -0.547. The zero-order valence-corrected chi connectivity index (χ0v) is 14.1. The van der Waals surface area contributed by atoms with Gasteiger partial charge in [-0.1, -0.05) is 6.08 Å². The van der Waals surface area contributed by atoms with Gasteiger partial charge < -0.3 is 9.84 Å². The molecule has 0 aliphatic carbocycles. The van der Waals surface area contributed by atoms with Crippen LogP contribution in [0.2, 0.25) is 0 Å². The Morgan fingerprint density at radius 1 is 1.33 bits per heavy atom. The third-order valence-corrected chi connectivity index (χ3v) is 5.83. The molecule has 0 spiro atoms. The lowest BCUT2D eigenvalue weighted by molar-refractivity contribution is -0.0554. The van der Waals surface area contributed by atoms with E-state index >= 15 is 0 Å². The lowest BCUT2D eigenvalue weighted by atomic mass is 9.71. The molecule has 2 bridgehead atoms. The molecule has 3 fully saturated rings. The van der Waals surface area contributed by atoms with Crippen LogP contribution in [0.5, 0.6) is 5.75 Å². The summed E-state index contributed by atoms with van der Waals surface area (Å²) in [6.07, 6.45) is 5.71. The summed E-state index contributed by atoms with van der Waals surface area (Å²) in [4.78, 5) is 6.87. The molecule has 1 aromatic heterocycles. The van der Waals surface area contributed by atoms with Crippen molar-refractivity contribution in [1.29, 1.82) is 0 Å². The number of aromatic nitrogens is 1. The van der Waals surface area contributed by atoms with Crippen molar-refractivity contribution in [3.63, 3.8) is 0 Å². The lowest BCUT2D eigenvalue weighted by Crippen LogP contribution is -2.56. The standard InChI is InChI=1S/C20H24N2O2/c1-3-15-13-7-10-22(11-8-13)19(15)20(23)16-6-9-21-18-5-4-14(24-2)12-17(16)18/h3-6,9,12-13,15,19-20,23H,1,7-8,10-11H2,2H3. The Hall–Kier alpha value is -1.91. The second-order valence-electron chi connectivity index (χ2n) is 6.91. The molecule has 126 valence electrons. The second-order valence-corrected chi connectivity index (χ2v) is 6.91. The number of pyridine rings is 1. The number of methoxy groups -OCH3 is 1. The Bertz CT molecular complexity index is 752. The van der Waals surface area contributed by atoms with Crippen molar-refractivity contribution in [1.82, 2.24) is 9.88 Å². The fourth-order valence-corrected chi connectivity index (χ4v) is 4.58. The highest BCUT2D eigenvalue weighted by Gasteiger charge is 2.44. The molecule has 3 aliphatic heterocycles. The van der Waals surface area contributed by atoms with Gasteiger partial charge in [0.2, 0.25) is 0 Å². The molecule has 3 atom stereocenters. The first-order valence-electron chi connectivity index (χ1n) is 8.70. The van der Waals surface area contributed by atoms with E-state index < -0.39 is 6.10 Å². The van der Waals surface area contributed by atoms with Gasteiger partial charge in [-0.15, -0.1) is 6.58 Å². The molecule has 2 aromatic rings. The Morgan fingerprint density at radius 2 is 2.12 bits per heavy atom. The van der Waals surface area contributed by atoms with Crippen LogP contribution in [0.1, 0.15) is 24.5 Å². The molecule has 1 aromatic carbocycles. The van der Waals surface area contributed by atoms with Crippen molar-refractivity contribution < 1.29 is 9.84 Å². The van der Waals surface area contributed by atoms with Crippen LogP contribution < -0.4 is 4.74 Å². The normalized spacial score (nSPS) is 30.2. The van der Waals surface area contributed by atoms with E-state index in [0.717, 1.165) is 35.3 Å². The minimum absolute atomic E-state index is 0.104. The predicted octanol–water partition coefficient (Wildman–Crippen LogP) is 3.17. The maximum atomic E-state index is 11.3. The summed E-state index contributed by atoms with van der Waals surface area (Å²) in [6, 6.07) is 7.87. The van der Waals surface area contributed by atoms with Crippen molar-refractivity contribution in [3.8, 4) is 5.75 Å². The van der Waals surface area contributed by atoms with Crippen molar-refractivity contribution in [2.75, 3.05) is 20.2 Å². The van der Waals surface area contributed by atoms with Gasteiger partial charge >= 0.3 is 0 Å². The van der Waals surface area contributed by atoms with E-state index in [2.05, 4.69) is 16.5 Å². The first-order chi connectivity index (χ1) is 11.7. The zero-order chi connectivity index (χ0) is 16.7. The number of fused-ring (bicyclic) bond motifs is 4. The van der Waals surface area contributed by atoms with E-state index in [9.17, 15) is 5.11 Å². The first-order valence-corrected chi connectivity index (χ1v) is 8.70. The highest BCUT2D eigenvalue weighted by Crippen LogP contribution is 2.43. The molecule has 0 radical (unpaired) electrons. The number of rotatable bonds is 4. The number of hydrogen-bond donors (Lipinski definition) is 1. The molecule has 1 N–H and O–H groups in total. The van der Waals surface area contributed by atoms with E-state index in [-0.39, 0.29) is 6.04 Å². The molecule has 0 saturated carbocycles. The van der Waals surface area contributed by atoms with Crippen molar-refractivity contribution >= 4 is 10.9 Å². The van der Waals surface area contributed by atoms with E-state index in [1.165, 1.54) is 12.8 Å². The fraction of sp³-hybridized carbons (Fsp3) is 0.450. The predicted molar refractivity (Wildman–Crippen MR) is 95.0 cm³/mol. The summed E-state index contributed by atoms with van der Waals surface area (Å²) in [5.74, 6) is 1.78. The number of aliphatic hydroxyl groups is 1. The largest absolute Gasteiger partial charge is 0.497 e. The minimum Gasteiger partial charge on any atom is -0.497 e. The maximum Gasteiger partial charge on any atom is 0.119 e. The van der Waals surface area contributed by atoms with Crippen LogP contribution in [0, 0.1) is 11.8 Å². The molecule has 3 aliphatic rings. The van der Waals surface area contributed by atoms with E-state index in [4.69, 9.17) is 4.74 Å². The van der Waals surface area contributed by atoms with Crippen molar-refractivity contribution in [2.45, 2.75) is 25.0 Å². The molecule has 3 saturated heterocycles. The van der Waals surface area contributed by atoms with Crippen LogP contribution in [0.3, 0.4) is 0 Å². The third-order valence-electron chi connectivity index (χ3n) is 5.83. The number of nitrogens with zero attached hydrogens (tertiary/aromatic N) is 2. The van der Waals surface area contributed by atoms with Crippen LogP contribution in [-0.2, 0) is 0 Å². The van der Waals surface area contributed by atoms with E-state index in [1.54, 1.807) is 13.3 Å². The van der Waals surface area contributed by atoms with Gasteiger partial charge in [0.25, 0.3) is 0 Å². The SMILES string of the molecule is C=CC1C2CCN(CC2)C1C(O)c1ccnc2ccc(OC)cc12. The summed E-state index contributed by atoms with van der Waals surface area (Å²) in [7, 11) is 1.66. The molecule has 0 amide bonds. The van der Waals surface area contributed by atoms with Gasteiger partial charge in [0, 0.05) is 17.6 Å². The number of benzene rings is 1. The highest BCUT2D eigenvalue weighted by molar-refractivity contribution is 5.84. The molecular formula is C20H24N2O2. The maximum absolute atomic E-state index is 11.3. The van der Waals surface area contributed by atoms with Gasteiger partial charge in [-0.25, -0.2) is 0 Å². The number of aliphatic hydroxyl groups excluding tert-OH is 1. The Balaban J connectivity index is 1.77. The van der Waals surface area contributed by atoms with Gasteiger partial charge in [0.15, 0.2) is 0 Å². The van der Waals surface area contributed by atoms with E-state index in [0.29, 0.717) is 11.8 Å². The Kier molecular flexibility index (Phi) is 4.02.